The molecule has 1 aliphatic heterocycles. The number of halogens is 1. The maximum absolute atomic E-state index is 4.47. The van der Waals surface area contributed by atoms with E-state index in [1.165, 1.54) is 15.4 Å². The van der Waals surface area contributed by atoms with Gasteiger partial charge in [0.05, 0.1) is 5.01 Å². The average molecular weight is 543 g/mol. The van der Waals surface area contributed by atoms with Crippen LogP contribution in [0.5, 0.6) is 0 Å². The molecule has 3 rings (SSSR count). The molecule has 0 aliphatic carbocycles. The van der Waals surface area contributed by atoms with Crippen molar-refractivity contribution in [2.75, 3.05) is 52.9 Å². The van der Waals surface area contributed by atoms with Gasteiger partial charge >= 0.3 is 0 Å². The van der Waals surface area contributed by atoms with Crippen molar-refractivity contribution >= 4 is 41.3 Å². The number of hydrogen-bond acceptors (Lipinski definition) is 5. The minimum absolute atomic E-state index is 0. The van der Waals surface area contributed by atoms with Crippen LogP contribution in [0.4, 0.5) is 0 Å². The third kappa shape index (κ3) is 8.49. The number of piperazine rings is 1. The largest absolute Gasteiger partial charge is 0.356 e. The van der Waals surface area contributed by atoms with Crippen LogP contribution in [-0.4, -0.2) is 73.6 Å². The number of nitrogens with one attached hydrogen (secondary N) is 2. The highest BCUT2D eigenvalue weighted by atomic mass is 127. The molecule has 1 aromatic heterocycles. The van der Waals surface area contributed by atoms with E-state index in [0.29, 0.717) is 0 Å². The van der Waals surface area contributed by atoms with Gasteiger partial charge in [-0.05, 0) is 12.0 Å². The smallest absolute Gasteiger partial charge is 0.191 e. The zero-order chi connectivity index (χ0) is 20.3. The van der Waals surface area contributed by atoms with Crippen molar-refractivity contribution in [3.8, 4) is 0 Å². The van der Waals surface area contributed by atoms with E-state index in [1.807, 2.05) is 24.6 Å². The third-order valence-corrected chi connectivity index (χ3v) is 6.44. The topological polar surface area (TPSA) is 55.8 Å². The molecule has 0 radical (unpaired) electrons. The van der Waals surface area contributed by atoms with Crippen LogP contribution in [0.2, 0.25) is 0 Å². The first-order chi connectivity index (χ1) is 14.3. The second kappa shape index (κ2) is 14.0. The second-order valence-corrected chi connectivity index (χ2v) is 8.55. The molecule has 0 bridgehead atoms. The number of aryl methyl sites for hydroxylation is 1. The summed E-state index contributed by atoms with van der Waals surface area (Å²) in [5, 5.41) is 8.03. The van der Waals surface area contributed by atoms with E-state index >= 15 is 0 Å². The summed E-state index contributed by atoms with van der Waals surface area (Å²) in [4.78, 5) is 15.2. The number of aliphatic imine (C=N–C) groups is 1. The van der Waals surface area contributed by atoms with Gasteiger partial charge in [0.25, 0.3) is 0 Å². The highest BCUT2D eigenvalue weighted by Crippen LogP contribution is 2.13. The lowest BCUT2D eigenvalue weighted by atomic mass is 10.2. The van der Waals surface area contributed by atoms with E-state index in [4.69, 9.17) is 0 Å². The molecule has 1 aromatic carbocycles. The molecule has 2 aromatic rings. The van der Waals surface area contributed by atoms with Crippen molar-refractivity contribution in [2.24, 2.45) is 4.99 Å². The van der Waals surface area contributed by atoms with E-state index in [2.05, 4.69) is 67.7 Å². The fourth-order valence-corrected chi connectivity index (χ4v) is 4.34. The van der Waals surface area contributed by atoms with E-state index in [-0.39, 0.29) is 24.0 Å². The average Bonchev–Trinajstić information content (AvgIpc) is 3.22. The lowest BCUT2D eigenvalue weighted by molar-refractivity contribution is 0.129. The van der Waals surface area contributed by atoms with Gasteiger partial charge in [-0.3, -0.25) is 14.8 Å². The highest BCUT2D eigenvalue weighted by Gasteiger charge is 2.16. The Balaban J connectivity index is 0.00000320. The first-order valence-corrected chi connectivity index (χ1v) is 11.4. The Morgan fingerprint density at radius 1 is 1.07 bits per heavy atom. The van der Waals surface area contributed by atoms with Crippen LogP contribution in [0, 0.1) is 0 Å². The third-order valence-electron chi connectivity index (χ3n) is 5.24. The van der Waals surface area contributed by atoms with Gasteiger partial charge in [-0.1, -0.05) is 37.3 Å². The number of nitrogens with zero attached hydrogens (tertiary/aromatic N) is 4. The van der Waals surface area contributed by atoms with E-state index in [0.717, 1.165) is 71.2 Å². The van der Waals surface area contributed by atoms with Crippen molar-refractivity contribution in [3.63, 3.8) is 0 Å². The molecular weight excluding hydrogens is 507 g/mol. The summed E-state index contributed by atoms with van der Waals surface area (Å²) >= 11 is 1.81. The van der Waals surface area contributed by atoms with Crippen molar-refractivity contribution in [2.45, 2.75) is 26.3 Å². The number of rotatable bonds is 9. The van der Waals surface area contributed by atoms with Crippen molar-refractivity contribution in [1.29, 1.82) is 0 Å². The molecular formula is C22H35IN6S. The lowest BCUT2D eigenvalue weighted by Crippen LogP contribution is -2.49. The maximum Gasteiger partial charge on any atom is 0.191 e. The Morgan fingerprint density at radius 2 is 1.77 bits per heavy atom. The van der Waals surface area contributed by atoms with Gasteiger partial charge in [0.15, 0.2) is 5.96 Å². The summed E-state index contributed by atoms with van der Waals surface area (Å²) in [7, 11) is 1.83. The Labute approximate surface area is 202 Å². The predicted molar refractivity (Wildman–Crippen MR) is 138 cm³/mol. The molecule has 8 heteroatoms. The zero-order valence-corrected chi connectivity index (χ0v) is 21.3. The van der Waals surface area contributed by atoms with Gasteiger partial charge in [0.1, 0.15) is 0 Å². The summed E-state index contributed by atoms with van der Waals surface area (Å²) < 4.78 is 0. The van der Waals surface area contributed by atoms with Gasteiger partial charge < -0.3 is 10.6 Å². The van der Waals surface area contributed by atoms with Crippen LogP contribution in [0.1, 0.15) is 22.4 Å². The van der Waals surface area contributed by atoms with Crippen LogP contribution >= 0.6 is 35.3 Å². The molecule has 0 spiro atoms. The van der Waals surface area contributed by atoms with Crippen LogP contribution in [0.3, 0.4) is 0 Å². The number of guanidine groups is 1. The molecule has 0 unspecified atom stereocenters. The van der Waals surface area contributed by atoms with Crippen molar-refractivity contribution < 1.29 is 0 Å². The Hall–Kier alpha value is -1.23. The maximum atomic E-state index is 4.47. The van der Waals surface area contributed by atoms with E-state index in [1.54, 1.807) is 0 Å². The molecule has 0 saturated carbocycles. The molecule has 2 heterocycles. The summed E-state index contributed by atoms with van der Waals surface area (Å²) in [5.74, 6) is 0.875. The molecule has 30 heavy (non-hydrogen) atoms. The number of hydrogen-bond donors (Lipinski definition) is 2. The second-order valence-electron chi connectivity index (χ2n) is 7.35. The quantitative estimate of drug-likeness (QED) is 0.290. The number of thiazole rings is 1. The summed E-state index contributed by atoms with van der Waals surface area (Å²) in [5.41, 5.74) is 1.40. The van der Waals surface area contributed by atoms with Gasteiger partial charge in [-0.2, -0.15) is 0 Å². The van der Waals surface area contributed by atoms with Crippen LogP contribution in [0.25, 0.3) is 0 Å². The zero-order valence-electron chi connectivity index (χ0n) is 18.1. The Bertz CT molecular complexity index is 743. The minimum atomic E-state index is 0. The molecule has 0 atom stereocenters. The lowest BCUT2D eigenvalue weighted by Gasteiger charge is -2.34. The molecule has 1 saturated heterocycles. The SMILES string of the molecule is CCc1cnc(CCNC(=NC)NCCN2CCN(Cc3ccccc3)CC2)s1.I. The van der Waals surface area contributed by atoms with Gasteiger partial charge in [0.2, 0.25) is 0 Å². The summed E-state index contributed by atoms with van der Waals surface area (Å²) in [6, 6.07) is 10.8. The predicted octanol–water partition coefficient (Wildman–Crippen LogP) is 2.85. The van der Waals surface area contributed by atoms with Crippen molar-refractivity contribution in [1.82, 2.24) is 25.4 Å². The highest BCUT2D eigenvalue weighted by molar-refractivity contribution is 14.0. The van der Waals surface area contributed by atoms with Crippen LogP contribution in [0.15, 0.2) is 41.5 Å². The number of benzene rings is 1. The molecule has 166 valence electrons. The van der Waals surface area contributed by atoms with Gasteiger partial charge in [0, 0.05) is 76.9 Å². The molecule has 6 nitrogen and oxygen atoms in total. The minimum Gasteiger partial charge on any atom is -0.356 e. The Morgan fingerprint density at radius 3 is 2.43 bits per heavy atom. The molecule has 1 aliphatic rings. The van der Waals surface area contributed by atoms with Crippen molar-refractivity contribution in [3.05, 3.63) is 52.0 Å². The fraction of sp³-hybridized carbons (Fsp3) is 0.545. The van der Waals surface area contributed by atoms with Crippen LogP contribution < -0.4 is 10.6 Å². The normalized spacial score (nSPS) is 15.6. The summed E-state index contributed by atoms with van der Waals surface area (Å²) in [6.07, 6.45) is 4.00. The van der Waals surface area contributed by atoms with Gasteiger partial charge in [-0.15, -0.1) is 35.3 Å². The molecule has 1 fully saturated rings. The fourth-order valence-electron chi connectivity index (χ4n) is 3.48. The van der Waals surface area contributed by atoms with Gasteiger partial charge in [-0.25, -0.2) is 4.98 Å². The first-order valence-electron chi connectivity index (χ1n) is 10.6. The monoisotopic (exact) mass is 542 g/mol. The van der Waals surface area contributed by atoms with E-state index in [9.17, 15) is 0 Å². The summed E-state index contributed by atoms with van der Waals surface area (Å²) in [6.45, 7) is 10.6. The standard InChI is InChI=1S/C22H34N6S.HI/c1-3-20-17-26-21(29-20)9-10-24-22(23-2)25-11-12-27-13-15-28(16-14-27)18-19-7-5-4-6-8-19;/h4-8,17H,3,9-16,18H2,1-2H3,(H2,23,24,25);1H. The molecule has 2 N–H and O–H groups in total. The molecule has 0 amide bonds. The Kier molecular flexibility index (Phi) is 11.6. The number of aromatic nitrogens is 1. The van der Waals surface area contributed by atoms with E-state index < -0.39 is 0 Å². The van der Waals surface area contributed by atoms with Crippen LogP contribution in [-0.2, 0) is 19.4 Å². The first kappa shape index (κ1) is 25.0.